The molecule has 1 saturated heterocycles. The summed E-state index contributed by atoms with van der Waals surface area (Å²) < 4.78 is 5.69. The molecule has 1 fully saturated rings. The fraction of sp³-hybridized carbons (Fsp3) is 0.238. The van der Waals surface area contributed by atoms with Gasteiger partial charge in [-0.3, -0.25) is 4.90 Å². The van der Waals surface area contributed by atoms with Crippen LogP contribution in [0, 0.1) is 0 Å². The first-order valence-corrected chi connectivity index (χ1v) is 8.95. The number of rotatable bonds is 5. The zero-order valence-corrected chi connectivity index (χ0v) is 14.8. The SMILES string of the molecule is O=C(O)c1ccc(CN2CCOC[C@H]2c2ncc(-c3ccccc3)[nH]2)cc1. The van der Waals surface area contributed by atoms with E-state index in [2.05, 4.69) is 27.0 Å². The molecule has 6 nitrogen and oxygen atoms in total. The van der Waals surface area contributed by atoms with E-state index in [-0.39, 0.29) is 6.04 Å². The van der Waals surface area contributed by atoms with Gasteiger partial charge >= 0.3 is 5.97 Å². The quantitative estimate of drug-likeness (QED) is 0.727. The minimum absolute atomic E-state index is 0.0374. The van der Waals surface area contributed by atoms with Crippen molar-refractivity contribution in [3.05, 3.63) is 77.7 Å². The van der Waals surface area contributed by atoms with Crippen LogP contribution in [0.15, 0.2) is 60.8 Å². The Labute approximate surface area is 157 Å². The van der Waals surface area contributed by atoms with Gasteiger partial charge in [-0.05, 0) is 23.3 Å². The Morgan fingerprint density at radius 1 is 1.19 bits per heavy atom. The lowest BCUT2D eigenvalue weighted by Gasteiger charge is -2.34. The van der Waals surface area contributed by atoms with Gasteiger partial charge in [0.25, 0.3) is 0 Å². The van der Waals surface area contributed by atoms with Gasteiger partial charge in [0.1, 0.15) is 5.82 Å². The third kappa shape index (κ3) is 3.92. The van der Waals surface area contributed by atoms with E-state index in [9.17, 15) is 4.79 Å². The van der Waals surface area contributed by atoms with Crippen LogP contribution in [-0.4, -0.2) is 45.7 Å². The molecule has 0 saturated carbocycles. The molecule has 0 bridgehead atoms. The van der Waals surface area contributed by atoms with E-state index in [0.717, 1.165) is 35.7 Å². The maximum atomic E-state index is 11.0. The van der Waals surface area contributed by atoms with Crippen LogP contribution in [0.2, 0.25) is 0 Å². The Balaban J connectivity index is 1.52. The molecule has 1 aliphatic rings. The first-order chi connectivity index (χ1) is 13.2. The summed E-state index contributed by atoms with van der Waals surface area (Å²) >= 11 is 0. The molecule has 2 N–H and O–H groups in total. The van der Waals surface area contributed by atoms with Gasteiger partial charge in [-0.25, -0.2) is 9.78 Å². The van der Waals surface area contributed by atoms with Crippen molar-refractivity contribution in [2.75, 3.05) is 19.8 Å². The Morgan fingerprint density at radius 3 is 2.70 bits per heavy atom. The van der Waals surface area contributed by atoms with Gasteiger partial charge in [0, 0.05) is 13.1 Å². The van der Waals surface area contributed by atoms with Gasteiger partial charge in [0.2, 0.25) is 0 Å². The molecule has 6 heteroatoms. The highest BCUT2D eigenvalue weighted by molar-refractivity contribution is 5.87. The summed E-state index contributed by atoms with van der Waals surface area (Å²) in [6, 6.07) is 17.2. The number of hydrogen-bond donors (Lipinski definition) is 2. The summed E-state index contributed by atoms with van der Waals surface area (Å²) in [6.45, 7) is 2.77. The molecule has 1 aliphatic heterocycles. The molecular formula is C21H21N3O3. The van der Waals surface area contributed by atoms with E-state index in [1.165, 1.54) is 0 Å². The summed E-state index contributed by atoms with van der Waals surface area (Å²) in [6.07, 6.45) is 1.86. The first kappa shape index (κ1) is 17.5. The first-order valence-electron chi connectivity index (χ1n) is 8.95. The number of hydrogen-bond acceptors (Lipinski definition) is 4. The van der Waals surface area contributed by atoms with Crippen LogP contribution in [0.4, 0.5) is 0 Å². The second-order valence-electron chi connectivity index (χ2n) is 6.61. The zero-order chi connectivity index (χ0) is 18.6. The van der Waals surface area contributed by atoms with Crippen molar-refractivity contribution in [1.82, 2.24) is 14.9 Å². The van der Waals surface area contributed by atoms with Crippen LogP contribution in [0.3, 0.4) is 0 Å². The third-order valence-electron chi connectivity index (χ3n) is 4.82. The molecular weight excluding hydrogens is 342 g/mol. The van der Waals surface area contributed by atoms with E-state index < -0.39 is 5.97 Å². The molecule has 3 aromatic rings. The molecule has 1 aromatic heterocycles. The maximum absolute atomic E-state index is 11.0. The highest BCUT2D eigenvalue weighted by Crippen LogP contribution is 2.26. The molecule has 27 heavy (non-hydrogen) atoms. The number of ether oxygens (including phenoxy) is 1. The minimum Gasteiger partial charge on any atom is -0.478 e. The number of morpholine rings is 1. The van der Waals surface area contributed by atoms with E-state index in [0.29, 0.717) is 18.8 Å². The average Bonchev–Trinajstić information content (AvgIpc) is 3.19. The summed E-state index contributed by atoms with van der Waals surface area (Å²) in [5, 5.41) is 9.04. The summed E-state index contributed by atoms with van der Waals surface area (Å²) in [5.41, 5.74) is 3.46. The zero-order valence-electron chi connectivity index (χ0n) is 14.8. The molecule has 0 radical (unpaired) electrons. The van der Waals surface area contributed by atoms with Gasteiger partial charge in [0.15, 0.2) is 0 Å². The van der Waals surface area contributed by atoms with Crippen molar-refractivity contribution >= 4 is 5.97 Å². The van der Waals surface area contributed by atoms with E-state index in [1.54, 1.807) is 12.1 Å². The van der Waals surface area contributed by atoms with E-state index in [4.69, 9.17) is 9.84 Å². The van der Waals surface area contributed by atoms with Crippen molar-refractivity contribution in [3.63, 3.8) is 0 Å². The second kappa shape index (κ2) is 7.73. The van der Waals surface area contributed by atoms with Crippen molar-refractivity contribution in [1.29, 1.82) is 0 Å². The lowest BCUT2D eigenvalue weighted by Crippen LogP contribution is -2.39. The summed E-state index contributed by atoms with van der Waals surface area (Å²) in [4.78, 5) is 21.4. The standard InChI is InChI=1S/C21H21N3O3/c25-21(26)17-8-6-15(7-9-17)13-24-10-11-27-14-19(24)20-22-12-18(23-20)16-4-2-1-3-5-16/h1-9,12,19H,10-11,13-14H2,(H,22,23)(H,25,26)/t19-/m0/s1. The number of aromatic carboxylic acids is 1. The lowest BCUT2D eigenvalue weighted by molar-refractivity contribution is -0.0156. The molecule has 2 aromatic carbocycles. The number of imidazole rings is 1. The molecule has 4 rings (SSSR count). The number of carboxylic acids is 1. The van der Waals surface area contributed by atoms with Crippen molar-refractivity contribution in [3.8, 4) is 11.3 Å². The normalized spacial score (nSPS) is 17.7. The predicted octanol–water partition coefficient (Wildman–Crippen LogP) is 3.35. The van der Waals surface area contributed by atoms with Crippen LogP contribution in [0.5, 0.6) is 0 Å². The number of carbonyl (C=O) groups is 1. The van der Waals surface area contributed by atoms with Gasteiger partial charge in [-0.15, -0.1) is 0 Å². The fourth-order valence-corrected chi connectivity index (χ4v) is 3.34. The fourth-order valence-electron chi connectivity index (χ4n) is 3.34. The van der Waals surface area contributed by atoms with Crippen LogP contribution in [0.25, 0.3) is 11.3 Å². The van der Waals surface area contributed by atoms with E-state index >= 15 is 0 Å². The highest BCUT2D eigenvalue weighted by atomic mass is 16.5. The molecule has 1 atom stereocenters. The Kier molecular flexibility index (Phi) is 5.00. The van der Waals surface area contributed by atoms with Crippen molar-refractivity contribution in [2.45, 2.75) is 12.6 Å². The monoisotopic (exact) mass is 363 g/mol. The number of carboxylic acid groups (broad SMARTS) is 1. The third-order valence-corrected chi connectivity index (χ3v) is 4.82. The lowest BCUT2D eigenvalue weighted by atomic mass is 10.1. The second-order valence-corrected chi connectivity index (χ2v) is 6.61. The number of nitrogens with zero attached hydrogens (tertiary/aromatic N) is 2. The van der Waals surface area contributed by atoms with Crippen LogP contribution < -0.4 is 0 Å². The van der Waals surface area contributed by atoms with Gasteiger partial charge in [-0.1, -0.05) is 42.5 Å². The number of benzene rings is 2. The molecule has 0 unspecified atom stereocenters. The van der Waals surface area contributed by atoms with E-state index in [1.807, 2.05) is 36.5 Å². The number of aromatic nitrogens is 2. The maximum Gasteiger partial charge on any atom is 0.335 e. The molecule has 0 aliphatic carbocycles. The van der Waals surface area contributed by atoms with Gasteiger partial charge in [-0.2, -0.15) is 0 Å². The van der Waals surface area contributed by atoms with Crippen LogP contribution in [0.1, 0.15) is 27.8 Å². The molecule has 0 spiro atoms. The van der Waals surface area contributed by atoms with Crippen LogP contribution in [-0.2, 0) is 11.3 Å². The largest absolute Gasteiger partial charge is 0.478 e. The smallest absolute Gasteiger partial charge is 0.335 e. The Morgan fingerprint density at radius 2 is 1.96 bits per heavy atom. The molecule has 2 heterocycles. The number of nitrogens with one attached hydrogen (secondary N) is 1. The molecule has 0 amide bonds. The number of aromatic amines is 1. The summed E-state index contributed by atoms with van der Waals surface area (Å²) in [7, 11) is 0. The minimum atomic E-state index is -0.908. The predicted molar refractivity (Wildman–Crippen MR) is 101 cm³/mol. The number of H-pyrrole nitrogens is 1. The average molecular weight is 363 g/mol. The topological polar surface area (TPSA) is 78.4 Å². The Bertz CT molecular complexity index is 906. The van der Waals surface area contributed by atoms with Crippen LogP contribution >= 0.6 is 0 Å². The van der Waals surface area contributed by atoms with Gasteiger partial charge < -0.3 is 14.8 Å². The van der Waals surface area contributed by atoms with Crippen molar-refractivity contribution in [2.24, 2.45) is 0 Å². The molecule has 138 valence electrons. The summed E-state index contributed by atoms with van der Waals surface area (Å²) in [5.74, 6) is -0.0227. The van der Waals surface area contributed by atoms with Crippen molar-refractivity contribution < 1.29 is 14.6 Å². The highest BCUT2D eigenvalue weighted by Gasteiger charge is 2.27. The van der Waals surface area contributed by atoms with Gasteiger partial charge in [0.05, 0.1) is 36.7 Å². The Hall–Kier alpha value is -2.96.